The Morgan fingerprint density at radius 3 is 2.62 bits per heavy atom. The second-order valence-corrected chi connectivity index (χ2v) is 2.46. The van der Waals surface area contributed by atoms with E-state index in [9.17, 15) is 4.57 Å². The van der Waals surface area contributed by atoms with Crippen LogP contribution in [0.25, 0.3) is 0 Å². The molecule has 0 spiro atoms. The monoisotopic (exact) mass is 137 g/mol. The highest BCUT2D eigenvalue weighted by Gasteiger charge is 2.24. The normalized spacial score (nSPS) is 36.6. The molecule has 0 atom stereocenters. The van der Waals surface area contributed by atoms with E-state index in [1.807, 2.05) is 0 Å². The Morgan fingerprint density at radius 2 is 2.25 bits per heavy atom. The van der Waals surface area contributed by atoms with Crippen LogP contribution >= 0.6 is 8.25 Å². The average molecular weight is 137 g/mol. The molecular weight excluding hydrogens is 129 g/mol. The van der Waals surface area contributed by atoms with Crippen LogP contribution in [-0.2, 0) is 13.6 Å². The van der Waals surface area contributed by atoms with Crippen LogP contribution in [0.3, 0.4) is 0 Å². The smallest absolute Gasteiger partial charge is 0.323 e. The van der Waals surface area contributed by atoms with Crippen molar-refractivity contribution in [1.82, 2.24) is 0 Å². The zero-order chi connectivity index (χ0) is 5.98. The first-order valence-corrected chi connectivity index (χ1v) is 3.63. The van der Waals surface area contributed by atoms with Gasteiger partial charge in [0.2, 0.25) is 0 Å². The van der Waals surface area contributed by atoms with E-state index in [-0.39, 0.29) is 6.29 Å². The van der Waals surface area contributed by atoms with Gasteiger partial charge in [0.1, 0.15) is 0 Å². The Kier molecular flexibility index (Phi) is 2.02. The standard InChI is InChI=1S/C3H8NO3P/c4-2-1-3-6-8(5)7-3/h3,8H,1-2,4H2. The molecule has 0 amide bonds. The fourth-order valence-electron chi connectivity index (χ4n) is 0.477. The fraction of sp³-hybridized carbons (Fsp3) is 1.00. The van der Waals surface area contributed by atoms with Gasteiger partial charge in [-0.1, -0.05) is 0 Å². The molecule has 1 heterocycles. The lowest BCUT2D eigenvalue weighted by Crippen LogP contribution is -2.23. The van der Waals surface area contributed by atoms with E-state index in [0.717, 1.165) is 0 Å². The topological polar surface area (TPSA) is 61.5 Å². The Balaban J connectivity index is 2.06. The quantitative estimate of drug-likeness (QED) is 0.548. The largest absolute Gasteiger partial charge is 0.330 e. The Hall–Kier alpha value is 0.110. The first kappa shape index (κ1) is 6.23. The Bertz CT molecular complexity index is 98.7. The third kappa shape index (κ3) is 1.29. The van der Waals surface area contributed by atoms with E-state index in [2.05, 4.69) is 9.05 Å². The molecule has 8 heavy (non-hydrogen) atoms. The van der Waals surface area contributed by atoms with Crippen LogP contribution in [0.15, 0.2) is 0 Å². The molecule has 48 valence electrons. The van der Waals surface area contributed by atoms with E-state index in [1.165, 1.54) is 0 Å². The van der Waals surface area contributed by atoms with E-state index >= 15 is 0 Å². The van der Waals surface area contributed by atoms with Crippen molar-refractivity contribution >= 4 is 8.25 Å². The van der Waals surface area contributed by atoms with Crippen LogP contribution in [0, 0.1) is 0 Å². The minimum Gasteiger partial charge on any atom is -0.330 e. The molecule has 0 aromatic carbocycles. The van der Waals surface area contributed by atoms with Crippen molar-refractivity contribution in [3.63, 3.8) is 0 Å². The van der Waals surface area contributed by atoms with E-state index in [1.54, 1.807) is 0 Å². The summed E-state index contributed by atoms with van der Waals surface area (Å²) in [6, 6.07) is 0. The molecule has 0 saturated carbocycles. The summed E-state index contributed by atoms with van der Waals surface area (Å²) in [6.45, 7) is 0.514. The highest BCUT2D eigenvalue weighted by molar-refractivity contribution is 7.34. The lowest BCUT2D eigenvalue weighted by molar-refractivity contribution is -0.0793. The first-order valence-electron chi connectivity index (χ1n) is 2.40. The fourth-order valence-corrected chi connectivity index (χ4v) is 1.16. The van der Waals surface area contributed by atoms with Crippen molar-refractivity contribution < 1.29 is 13.6 Å². The molecule has 1 aliphatic heterocycles. The van der Waals surface area contributed by atoms with Crippen molar-refractivity contribution in [3.05, 3.63) is 0 Å². The summed E-state index contributed by atoms with van der Waals surface area (Å²) in [5.41, 5.74) is 5.13. The van der Waals surface area contributed by atoms with Crippen LogP contribution in [0.1, 0.15) is 6.42 Å². The van der Waals surface area contributed by atoms with Crippen LogP contribution in [0.5, 0.6) is 0 Å². The maximum Gasteiger partial charge on any atom is 0.323 e. The molecule has 2 N–H and O–H groups in total. The van der Waals surface area contributed by atoms with Gasteiger partial charge in [-0.2, -0.15) is 0 Å². The van der Waals surface area contributed by atoms with Crippen molar-refractivity contribution in [3.8, 4) is 0 Å². The third-order valence-electron chi connectivity index (χ3n) is 0.858. The van der Waals surface area contributed by atoms with Crippen molar-refractivity contribution in [2.24, 2.45) is 5.73 Å². The van der Waals surface area contributed by atoms with Crippen LogP contribution in [-0.4, -0.2) is 12.8 Å². The number of hydrogen-bond acceptors (Lipinski definition) is 4. The zero-order valence-corrected chi connectivity index (χ0v) is 5.29. The minimum absolute atomic E-state index is 0.286. The molecule has 1 saturated heterocycles. The molecular formula is C3H8NO3P. The summed E-state index contributed by atoms with van der Waals surface area (Å²) in [6.07, 6.45) is 0.350. The first-order chi connectivity index (χ1) is 3.83. The van der Waals surface area contributed by atoms with Gasteiger partial charge in [0, 0.05) is 6.42 Å². The van der Waals surface area contributed by atoms with Crippen molar-refractivity contribution in [2.75, 3.05) is 6.54 Å². The summed E-state index contributed by atoms with van der Waals surface area (Å²) < 4.78 is 19.3. The van der Waals surface area contributed by atoms with Crippen molar-refractivity contribution in [2.45, 2.75) is 12.7 Å². The third-order valence-corrected chi connectivity index (χ3v) is 1.77. The second kappa shape index (κ2) is 2.60. The zero-order valence-electron chi connectivity index (χ0n) is 4.29. The molecule has 5 heteroatoms. The molecule has 0 aromatic heterocycles. The van der Waals surface area contributed by atoms with Gasteiger partial charge in [0.15, 0.2) is 6.29 Å². The maximum atomic E-state index is 10.1. The summed E-state index contributed by atoms with van der Waals surface area (Å²) in [5.74, 6) is 0. The molecule has 1 aliphatic rings. The van der Waals surface area contributed by atoms with Gasteiger partial charge >= 0.3 is 8.25 Å². The van der Waals surface area contributed by atoms with Gasteiger partial charge in [-0.25, -0.2) is 0 Å². The van der Waals surface area contributed by atoms with Crippen LogP contribution < -0.4 is 5.73 Å². The van der Waals surface area contributed by atoms with Gasteiger partial charge < -0.3 is 5.73 Å². The molecule has 0 bridgehead atoms. The van der Waals surface area contributed by atoms with Crippen molar-refractivity contribution in [1.29, 1.82) is 0 Å². The summed E-state index contributed by atoms with van der Waals surface area (Å²) in [4.78, 5) is 0. The SMILES string of the molecule is NCCC1O[PH](=O)O1. The molecule has 0 aliphatic carbocycles. The number of rotatable bonds is 2. The van der Waals surface area contributed by atoms with E-state index in [4.69, 9.17) is 5.73 Å². The predicted molar refractivity (Wildman–Crippen MR) is 28.6 cm³/mol. The highest BCUT2D eigenvalue weighted by atomic mass is 31.1. The lowest BCUT2D eigenvalue weighted by atomic mass is 10.4. The Labute approximate surface area is 47.9 Å². The molecule has 1 rings (SSSR count). The number of hydrogen-bond donors (Lipinski definition) is 1. The van der Waals surface area contributed by atoms with Crippen LogP contribution in [0.2, 0.25) is 0 Å². The highest BCUT2D eigenvalue weighted by Crippen LogP contribution is 2.40. The molecule has 4 nitrogen and oxygen atoms in total. The molecule has 1 fully saturated rings. The molecule has 0 unspecified atom stereocenters. The van der Waals surface area contributed by atoms with Gasteiger partial charge in [-0.15, -0.1) is 0 Å². The van der Waals surface area contributed by atoms with Crippen LogP contribution in [0.4, 0.5) is 0 Å². The Morgan fingerprint density at radius 1 is 1.62 bits per heavy atom. The van der Waals surface area contributed by atoms with E-state index < -0.39 is 8.25 Å². The summed E-state index contributed by atoms with van der Waals surface area (Å²) in [7, 11) is -2.07. The summed E-state index contributed by atoms with van der Waals surface area (Å²) >= 11 is 0. The van der Waals surface area contributed by atoms with Gasteiger partial charge in [-0.3, -0.25) is 13.6 Å². The molecule has 0 aromatic rings. The maximum absolute atomic E-state index is 10.1. The molecule has 0 radical (unpaired) electrons. The van der Waals surface area contributed by atoms with Gasteiger partial charge in [-0.05, 0) is 6.54 Å². The predicted octanol–water partition coefficient (Wildman–Crippen LogP) is 0.0978. The van der Waals surface area contributed by atoms with E-state index in [0.29, 0.717) is 13.0 Å². The number of nitrogens with two attached hydrogens (primary N) is 1. The summed E-state index contributed by atoms with van der Waals surface area (Å²) in [5, 5.41) is 0. The second-order valence-electron chi connectivity index (χ2n) is 1.49. The average Bonchev–Trinajstić information content (AvgIpc) is 1.64. The van der Waals surface area contributed by atoms with Gasteiger partial charge in [0.25, 0.3) is 0 Å². The lowest BCUT2D eigenvalue weighted by Gasteiger charge is -2.24. The minimum atomic E-state index is -2.07. The van der Waals surface area contributed by atoms with Gasteiger partial charge in [0.05, 0.1) is 0 Å².